The Morgan fingerprint density at radius 2 is 1.94 bits per heavy atom. The van der Waals surface area contributed by atoms with E-state index >= 15 is 0 Å². The Morgan fingerprint density at radius 3 is 2.44 bits per heavy atom. The molecule has 0 aliphatic rings. The van der Waals surface area contributed by atoms with Crippen molar-refractivity contribution < 1.29 is 4.74 Å². The maximum absolute atomic E-state index is 6.25. The molecule has 0 aliphatic heterocycles. The van der Waals surface area contributed by atoms with Crippen LogP contribution in [0.1, 0.15) is 38.3 Å². The zero-order valence-electron chi connectivity index (χ0n) is 11.3. The van der Waals surface area contributed by atoms with Gasteiger partial charge in [0.25, 0.3) is 0 Å². The molecule has 1 atom stereocenters. The number of nitrogens with two attached hydrogens (primary N) is 1. The third kappa shape index (κ3) is 4.68. The molecule has 0 heterocycles. The second-order valence-electron chi connectivity index (χ2n) is 4.22. The number of hydrogen-bond acceptors (Lipinski definition) is 2. The van der Waals surface area contributed by atoms with Gasteiger partial charge in [-0.05, 0) is 43.4 Å². The van der Waals surface area contributed by atoms with Crippen molar-refractivity contribution in [2.75, 3.05) is 6.61 Å². The lowest BCUT2D eigenvalue weighted by atomic mass is 10.0. The molecule has 0 saturated heterocycles. The van der Waals surface area contributed by atoms with E-state index in [1.807, 2.05) is 13.0 Å². The molecule has 4 heteroatoms. The Labute approximate surface area is 121 Å². The molecule has 0 aliphatic carbocycles. The summed E-state index contributed by atoms with van der Waals surface area (Å²) < 4.78 is 5.58. The van der Waals surface area contributed by atoms with Gasteiger partial charge in [0.2, 0.25) is 0 Å². The maximum Gasteiger partial charge on any atom is 0.141 e. The molecule has 0 bridgehead atoms. The van der Waals surface area contributed by atoms with Crippen molar-refractivity contribution in [3.63, 3.8) is 0 Å². The van der Waals surface area contributed by atoms with E-state index < -0.39 is 0 Å². The van der Waals surface area contributed by atoms with Gasteiger partial charge in [-0.1, -0.05) is 31.5 Å². The van der Waals surface area contributed by atoms with Gasteiger partial charge in [0, 0.05) is 6.04 Å². The van der Waals surface area contributed by atoms with Crippen LogP contribution in [0.25, 0.3) is 0 Å². The van der Waals surface area contributed by atoms with Gasteiger partial charge in [0.15, 0.2) is 0 Å². The third-order valence-corrected chi connectivity index (χ3v) is 3.15. The lowest BCUT2D eigenvalue weighted by molar-refractivity contribution is 0.337. The highest BCUT2D eigenvalue weighted by Crippen LogP contribution is 2.31. The highest BCUT2D eigenvalue weighted by atomic mass is 35.5. The van der Waals surface area contributed by atoms with Crippen LogP contribution in [0.5, 0.6) is 5.75 Å². The summed E-state index contributed by atoms with van der Waals surface area (Å²) >= 11 is 6.25. The predicted molar refractivity (Wildman–Crippen MR) is 81.2 cm³/mol. The smallest absolute Gasteiger partial charge is 0.141 e. The van der Waals surface area contributed by atoms with E-state index in [0.29, 0.717) is 11.6 Å². The molecule has 104 valence electrons. The molecule has 18 heavy (non-hydrogen) atoms. The highest BCUT2D eigenvalue weighted by molar-refractivity contribution is 6.32. The van der Waals surface area contributed by atoms with Crippen LogP contribution >= 0.6 is 24.0 Å². The number of hydrogen-bond donors (Lipinski definition) is 1. The van der Waals surface area contributed by atoms with Gasteiger partial charge in [-0.25, -0.2) is 0 Å². The molecule has 1 unspecified atom stereocenters. The van der Waals surface area contributed by atoms with Crippen molar-refractivity contribution in [3.05, 3.63) is 28.3 Å². The summed E-state index contributed by atoms with van der Waals surface area (Å²) in [6.07, 6.45) is 2.77. The Balaban J connectivity index is 0.00000289. The van der Waals surface area contributed by atoms with Crippen molar-refractivity contribution in [2.24, 2.45) is 5.73 Å². The standard InChI is InChI=1S/C14H22ClNO.ClH/c1-4-11-7-10(8-12(16)5-2)9-13(15)14(11)17-6-3;/h7,9,12H,4-6,8,16H2,1-3H3;1H. The van der Waals surface area contributed by atoms with Crippen molar-refractivity contribution in [2.45, 2.75) is 46.1 Å². The second-order valence-corrected chi connectivity index (χ2v) is 4.63. The summed E-state index contributed by atoms with van der Waals surface area (Å²) in [5.74, 6) is 0.825. The third-order valence-electron chi connectivity index (χ3n) is 2.87. The average Bonchev–Trinajstić information content (AvgIpc) is 2.32. The fourth-order valence-corrected chi connectivity index (χ4v) is 2.16. The zero-order chi connectivity index (χ0) is 12.8. The van der Waals surface area contributed by atoms with Gasteiger partial charge in [0.1, 0.15) is 5.75 Å². The summed E-state index contributed by atoms with van der Waals surface area (Å²) in [6.45, 7) is 6.82. The topological polar surface area (TPSA) is 35.2 Å². The summed E-state index contributed by atoms with van der Waals surface area (Å²) in [7, 11) is 0. The lowest BCUT2D eigenvalue weighted by Gasteiger charge is -2.15. The Bertz CT molecular complexity index is 369. The van der Waals surface area contributed by atoms with Crippen LogP contribution in [0.4, 0.5) is 0 Å². The normalized spacial score (nSPS) is 11.8. The number of halogens is 2. The van der Waals surface area contributed by atoms with E-state index in [1.54, 1.807) is 0 Å². The van der Waals surface area contributed by atoms with Crippen LogP contribution in [-0.4, -0.2) is 12.6 Å². The summed E-state index contributed by atoms with van der Waals surface area (Å²) in [6, 6.07) is 4.34. The molecule has 2 N–H and O–H groups in total. The molecule has 0 amide bonds. The highest BCUT2D eigenvalue weighted by Gasteiger charge is 2.11. The number of aryl methyl sites for hydroxylation is 1. The molecular formula is C14H23Cl2NO. The number of rotatable bonds is 6. The number of benzene rings is 1. The minimum atomic E-state index is 0. The van der Waals surface area contributed by atoms with E-state index in [0.717, 1.165) is 30.6 Å². The first kappa shape index (κ1) is 17.6. The summed E-state index contributed by atoms with van der Waals surface area (Å²) in [4.78, 5) is 0. The molecule has 0 aromatic heterocycles. The van der Waals surface area contributed by atoms with Crippen LogP contribution in [0.15, 0.2) is 12.1 Å². The van der Waals surface area contributed by atoms with E-state index in [9.17, 15) is 0 Å². The van der Waals surface area contributed by atoms with Gasteiger partial charge < -0.3 is 10.5 Å². The van der Waals surface area contributed by atoms with Gasteiger partial charge in [-0.15, -0.1) is 12.4 Å². The van der Waals surface area contributed by atoms with E-state index in [2.05, 4.69) is 19.9 Å². The van der Waals surface area contributed by atoms with Crippen molar-refractivity contribution in [3.8, 4) is 5.75 Å². The predicted octanol–water partition coefficient (Wildman–Crippen LogP) is 4.00. The zero-order valence-corrected chi connectivity index (χ0v) is 12.9. The fraction of sp³-hybridized carbons (Fsp3) is 0.571. The van der Waals surface area contributed by atoms with Crippen molar-refractivity contribution in [1.82, 2.24) is 0 Å². The lowest BCUT2D eigenvalue weighted by Crippen LogP contribution is -2.21. The van der Waals surface area contributed by atoms with Crippen LogP contribution in [0, 0.1) is 0 Å². The van der Waals surface area contributed by atoms with Crippen LogP contribution < -0.4 is 10.5 Å². The first-order valence-electron chi connectivity index (χ1n) is 6.31. The molecule has 0 saturated carbocycles. The van der Waals surface area contributed by atoms with Crippen LogP contribution in [0.3, 0.4) is 0 Å². The molecular weight excluding hydrogens is 269 g/mol. The Morgan fingerprint density at radius 1 is 1.28 bits per heavy atom. The van der Waals surface area contributed by atoms with Crippen LogP contribution in [-0.2, 0) is 12.8 Å². The fourth-order valence-electron chi connectivity index (χ4n) is 1.85. The molecule has 0 spiro atoms. The van der Waals surface area contributed by atoms with Gasteiger partial charge in [-0.3, -0.25) is 0 Å². The van der Waals surface area contributed by atoms with Crippen molar-refractivity contribution in [1.29, 1.82) is 0 Å². The van der Waals surface area contributed by atoms with Gasteiger partial charge in [0.05, 0.1) is 11.6 Å². The van der Waals surface area contributed by atoms with Gasteiger partial charge >= 0.3 is 0 Å². The quantitative estimate of drug-likeness (QED) is 0.860. The molecule has 0 fully saturated rings. The van der Waals surface area contributed by atoms with Crippen LogP contribution in [0.2, 0.25) is 5.02 Å². The first-order valence-corrected chi connectivity index (χ1v) is 6.69. The summed E-state index contributed by atoms with van der Waals surface area (Å²) in [5, 5.41) is 0.699. The monoisotopic (exact) mass is 291 g/mol. The first-order chi connectivity index (χ1) is 8.12. The molecule has 1 aromatic carbocycles. The van der Waals surface area contributed by atoms with E-state index in [-0.39, 0.29) is 18.4 Å². The Hall–Kier alpha value is -0.440. The maximum atomic E-state index is 6.25. The second kappa shape index (κ2) is 8.63. The molecule has 0 radical (unpaired) electrons. The molecule has 1 rings (SSSR count). The van der Waals surface area contributed by atoms with Crippen molar-refractivity contribution >= 4 is 24.0 Å². The minimum Gasteiger partial charge on any atom is -0.492 e. The average molecular weight is 292 g/mol. The number of ether oxygens (including phenoxy) is 1. The molecule has 1 aromatic rings. The SMILES string of the molecule is CCOc1c(Cl)cc(CC(N)CC)cc1CC.Cl. The van der Waals surface area contributed by atoms with E-state index in [4.69, 9.17) is 22.1 Å². The summed E-state index contributed by atoms with van der Waals surface area (Å²) in [5.41, 5.74) is 8.33. The van der Waals surface area contributed by atoms with Gasteiger partial charge in [-0.2, -0.15) is 0 Å². The largest absolute Gasteiger partial charge is 0.492 e. The van der Waals surface area contributed by atoms with E-state index in [1.165, 1.54) is 5.56 Å². The molecule has 2 nitrogen and oxygen atoms in total. The minimum absolute atomic E-state index is 0. The Kier molecular flexibility index (Phi) is 8.41.